The van der Waals surface area contributed by atoms with Crippen LogP contribution in [0.5, 0.6) is 0 Å². The number of nitrogens with one attached hydrogen (secondary N) is 2. The molecular formula is C5H11N3OS. The maximum absolute atomic E-state index is 9.04. The summed E-state index contributed by atoms with van der Waals surface area (Å²) >= 11 is 4.86. The van der Waals surface area contributed by atoms with Crippen LogP contribution in [0.1, 0.15) is 13.3 Å². The van der Waals surface area contributed by atoms with Gasteiger partial charge in [0.25, 0.3) is 0 Å². The van der Waals surface area contributed by atoms with Gasteiger partial charge >= 0.3 is 0 Å². The lowest BCUT2D eigenvalue weighted by molar-refractivity contribution is -0.0301. The summed E-state index contributed by atoms with van der Waals surface area (Å²) in [6.45, 7) is 2.45. The lowest BCUT2D eigenvalue weighted by atomic mass is 10.4. The summed E-state index contributed by atoms with van der Waals surface area (Å²) in [5.41, 5.74) is 5.52. The van der Waals surface area contributed by atoms with Crippen molar-refractivity contribution >= 4 is 17.2 Å². The fourth-order valence-electron chi connectivity index (χ4n) is 0.755. The molecule has 1 saturated heterocycles. The van der Waals surface area contributed by atoms with Gasteiger partial charge in [0.1, 0.15) is 6.23 Å². The summed E-state index contributed by atoms with van der Waals surface area (Å²) in [6.07, 6.45) is 0.323. The number of nitrogens with zero attached hydrogens (tertiary/aromatic N) is 1. The molecule has 0 aromatic carbocycles. The van der Waals surface area contributed by atoms with Crippen LogP contribution in [0.25, 0.3) is 0 Å². The Bertz CT molecular complexity index is 129. The van der Waals surface area contributed by atoms with Gasteiger partial charge in [-0.2, -0.15) is 10.5 Å². The highest BCUT2D eigenvalue weighted by Crippen LogP contribution is 1.97. The van der Waals surface area contributed by atoms with Crippen molar-refractivity contribution in [2.24, 2.45) is 0 Å². The molecule has 1 rings (SSSR count). The third-order valence-electron chi connectivity index (χ3n) is 1.37. The van der Waals surface area contributed by atoms with Crippen LogP contribution >= 0.6 is 12.2 Å². The summed E-state index contributed by atoms with van der Waals surface area (Å²) < 4.78 is 0. The number of aliphatic hydroxyl groups is 1. The highest BCUT2D eigenvalue weighted by atomic mass is 32.1. The summed E-state index contributed by atoms with van der Waals surface area (Å²) in [5.74, 6) is 0. The van der Waals surface area contributed by atoms with E-state index in [1.165, 1.54) is 0 Å². The summed E-state index contributed by atoms with van der Waals surface area (Å²) in [6, 6.07) is 0. The Hall–Kier alpha value is -0.230. The Morgan fingerprint density at radius 1 is 1.80 bits per heavy atom. The van der Waals surface area contributed by atoms with E-state index < -0.39 is 6.23 Å². The summed E-state index contributed by atoms with van der Waals surface area (Å²) in [5, 5.41) is 10.7. The molecule has 1 unspecified atom stereocenters. The van der Waals surface area contributed by atoms with Gasteiger partial charge in [-0.3, -0.25) is 0 Å². The molecule has 4 nitrogen and oxygen atoms in total. The Kier molecular flexibility index (Phi) is 2.56. The van der Waals surface area contributed by atoms with Crippen molar-refractivity contribution < 1.29 is 5.11 Å². The standard InChI is InChI=1S/C5H11N3OS/c1-4(9)8-3-2-5(10)6-7-8/h4,7,9H,2-3H2,1H3,(H,6,10). The van der Waals surface area contributed by atoms with Gasteiger partial charge in [-0.1, -0.05) is 12.2 Å². The quantitative estimate of drug-likeness (QED) is 0.447. The highest BCUT2D eigenvalue weighted by molar-refractivity contribution is 7.80. The summed E-state index contributed by atoms with van der Waals surface area (Å²) in [7, 11) is 0. The zero-order valence-electron chi connectivity index (χ0n) is 5.79. The maximum atomic E-state index is 9.04. The molecule has 1 aliphatic rings. The Morgan fingerprint density at radius 3 is 2.90 bits per heavy atom. The monoisotopic (exact) mass is 161 g/mol. The normalized spacial score (nSPS) is 24.0. The van der Waals surface area contributed by atoms with Crippen molar-refractivity contribution in [2.45, 2.75) is 19.6 Å². The molecule has 0 spiro atoms. The highest BCUT2D eigenvalue weighted by Gasteiger charge is 2.15. The second kappa shape index (κ2) is 3.25. The average Bonchev–Trinajstić information content (AvgIpc) is 1.88. The molecule has 58 valence electrons. The third-order valence-corrected chi connectivity index (χ3v) is 1.68. The first-order valence-corrected chi connectivity index (χ1v) is 3.60. The Labute approximate surface area is 65.1 Å². The van der Waals surface area contributed by atoms with Crippen molar-refractivity contribution in [3.8, 4) is 0 Å². The average molecular weight is 161 g/mol. The van der Waals surface area contributed by atoms with Gasteiger partial charge in [-0.25, -0.2) is 0 Å². The molecule has 0 aromatic heterocycles. The molecule has 0 amide bonds. The molecule has 1 aliphatic heterocycles. The molecule has 0 aliphatic carbocycles. The molecule has 1 atom stereocenters. The van der Waals surface area contributed by atoms with Crippen molar-refractivity contribution in [2.75, 3.05) is 6.54 Å². The van der Waals surface area contributed by atoms with Crippen molar-refractivity contribution in [3.05, 3.63) is 0 Å². The molecule has 0 saturated carbocycles. The van der Waals surface area contributed by atoms with E-state index in [1.54, 1.807) is 11.9 Å². The van der Waals surface area contributed by atoms with E-state index in [2.05, 4.69) is 11.0 Å². The molecule has 0 radical (unpaired) electrons. The van der Waals surface area contributed by atoms with Crippen LogP contribution in [0, 0.1) is 0 Å². The van der Waals surface area contributed by atoms with E-state index >= 15 is 0 Å². The lowest BCUT2D eigenvalue weighted by Gasteiger charge is -2.30. The smallest absolute Gasteiger partial charge is 0.118 e. The Morgan fingerprint density at radius 2 is 2.50 bits per heavy atom. The number of hydrogen-bond donors (Lipinski definition) is 3. The van der Waals surface area contributed by atoms with Gasteiger partial charge in [-0.05, 0) is 6.92 Å². The number of hydrazine groups is 2. The molecular weight excluding hydrogens is 150 g/mol. The predicted molar refractivity (Wildman–Crippen MR) is 41.9 cm³/mol. The maximum Gasteiger partial charge on any atom is 0.118 e. The van der Waals surface area contributed by atoms with E-state index in [4.69, 9.17) is 17.3 Å². The minimum absolute atomic E-state index is 0.476. The van der Waals surface area contributed by atoms with E-state index in [1.807, 2.05) is 0 Å². The van der Waals surface area contributed by atoms with Gasteiger partial charge in [0.05, 0.1) is 4.99 Å². The lowest BCUT2D eigenvalue weighted by Crippen LogP contribution is -2.57. The number of rotatable bonds is 1. The van der Waals surface area contributed by atoms with Crippen molar-refractivity contribution in [1.82, 2.24) is 16.0 Å². The van der Waals surface area contributed by atoms with Gasteiger partial charge in [0.2, 0.25) is 0 Å². The second-order valence-electron chi connectivity index (χ2n) is 2.24. The zero-order chi connectivity index (χ0) is 7.56. The largest absolute Gasteiger partial charge is 0.377 e. The van der Waals surface area contributed by atoms with Crippen LogP contribution < -0.4 is 11.0 Å². The third kappa shape index (κ3) is 1.88. The van der Waals surface area contributed by atoms with E-state index in [0.717, 1.165) is 18.0 Å². The zero-order valence-corrected chi connectivity index (χ0v) is 6.61. The van der Waals surface area contributed by atoms with E-state index in [9.17, 15) is 0 Å². The molecule has 10 heavy (non-hydrogen) atoms. The number of aliphatic hydroxyl groups excluding tert-OH is 1. The van der Waals surface area contributed by atoms with Gasteiger partial charge in [0.15, 0.2) is 0 Å². The van der Waals surface area contributed by atoms with Crippen molar-refractivity contribution in [3.63, 3.8) is 0 Å². The molecule has 0 aromatic rings. The van der Waals surface area contributed by atoms with Crippen LogP contribution in [0.2, 0.25) is 0 Å². The fraction of sp³-hybridized carbons (Fsp3) is 0.800. The molecule has 3 N–H and O–H groups in total. The van der Waals surface area contributed by atoms with Crippen LogP contribution in [-0.2, 0) is 0 Å². The SMILES string of the molecule is CC(O)N1CCC(=S)NN1. The fourth-order valence-corrected chi connectivity index (χ4v) is 0.892. The minimum Gasteiger partial charge on any atom is -0.377 e. The van der Waals surface area contributed by atoms with E-state index in [-0.39, 0.29) is 0 Å². The number of thiocarbonyl (C=S) groups is 1. The first-order valence-electron chi connectivity index (χ1n) is 3.19. The van der Waals surface area contributed by atoms with Crippen LogP contribution in [-0.4, -0.2) is 27.9 Å². The topological polar surface area (TPSA) is 47.5 Å². The Balaban J connectivity index is 2.33. The number of hydrogen-bond acceptors (Lipinski definition) is 4. The van der Waals surface area contributed by atoms with Gasteiger partial charge in [-0.15, -0.1) is 0 Å². The summed E-state index contributed by atoms with van der Waals surface area (Å²) in [4.78, 5) is 0.789. The molecule has 1 fully saturated rings. The minimum atomic E-state index is -0.476. The molecule has 0 bridgehead atoms. The van der Waals surface area contributed by atoms with Crippen molar-refractivity contribution in [1.29, 1.82) is 0 Å². The van der Waals surface area contributed by atoms with Gasteiger partial charge in [0, 0.05) is 13.0 Å². The van der Waals surface area contributed by atoms with Gasteiger partial charge < -0.3 is 10.5 Å². The van der Waals surface area contributed by atoms with Crippen LogP contribution in [0.3, 0.4) is 0 Å². The first-order chi connectivity index (χ1) is 4.70. The second-order valence-corrected chi connectivity index (χ2v) is 2.73. The van der Waals surface area contributed by atoms with Crippen LogP contribution in [0.4, 0.5) is 0 Å². The molecule has 5 heteroatoms. The predicted octanol–water partition coefficient (Wildman–Crippen LogP) is -0.633. The first kappa shape index (κ1) is 7.87. The van der Waals surface area contributed by atoms with E-state index in [0.29, 0.717) is 0 Å². The molecule has 1 heterocycles. The van der Waals surface area contributed by atoms with Crippen LogP contribution in [0.15, 0.2) is 0 Å².